The molecule has 0 aromatic carbocycles. The van der Waals surface area contributed by atoms with Gasteiger partial charge < -0.3 is 15.1 Å². The van der Waals surface area contributed by atoms with Gasteiger partial charge in [-0.1, -0.05) is 13.3 Å². The molecule has 5 nitrogen and oxygen atoms in total. The largest absolute Gasteiger partial charge is 0.450 e. The van der Waals surface area contributed by atoms with Crippen LogP contribution in [0.5, 0.6) is 0 Å². The molecule has 1 aromatic heterocycles. The molecular weight excluding hydrogens is 312 g/mol. The quantitative estimate of drug-likeness (QED) is 0.779. The van der Waals surface area contributed by atoms with Gasteiger partial charge >= 0.3 is 0 Å². The Morgan fingerprint density at radius 1 is 1.47 bits per heavy atom. The van der Waals surface area contributed by atoms with E-state index in [0.29, 0.717) is 17.0 Å². The van der Waals surface area contributed by atoms with Crippen LogP contribution in [0, 0.1) is 0 Å². The SMILES string of the molecule is CCCCN(CC(N)=O)C(=O)/C=C/c1ccc(Br)o1. The van der Waals surface area contributed by atoms with Crippen molar-refractivity contribution in [2.75, 3.05) is 13.1 Å². The molecule has 0 aliphatic carbocycles. The number of rotatable bonds is 7. The second-order valence-corrected chi connectivity index (χ2v) is 4.84. The smallest absolute Gasteiger partial charge is 0.247 e. The number of furan rings is 1. The van der Waals surface area contributed by atoms with Gasteiger partial charge in [-0.05, 0) is 40.6 Å². The van der Waals surface area contributed by atoms with Crippen LogP contribution in [0.4, 0.5) is 0 Å². The maximum absolute atomic E-state index is 11.9. The third kappa shape index (κ3) is 5.74. The van der Waals surface area contributed by atoms with Crippen molar-refractivity contribution in [3.8, 4) is 0 Å². The van der Waals surface area contributed by atoms with Crippen molar-refractivity contribution in [1.29, 1.82) is 0 Å². The van der Waals surface area contributed by atoms with Crippen LogP contribution in [0.3, 0.4) is 0 Å². The predicted molar refractivity (Wildman–Crippen MR) is 76.1 cm³/mol. The van der Waals surface area contributed by atoms with Crippen molar-refractivity contribution in [1.82, 2.24) is 4.90 Å². The summed E-state index contributed by atoms with van der Waals surface area (Å²) in [6.07, 6.45) is 4.72. The van der Waals surface area contributed by atoms with Crippen molar-refractivity contribution in [3.05, 3.63) is 28.6 Å². The van der Waals surface area contributed by atoms with Gasteiger partial charge in [0.1, 0.15) is 5.76 Å². The van der Waals surface area contributed by atoms with Crippen molar-refractivity contribution in [2.45, 2.75) is 19.8 Å². The van der Waals surface area contributed by atoms with E-state index in [1.54, 1.807) is 18.2 Å². The average Bonchev–Trinajstić information content (AvgIpc) is 2.77. The van der Waals surface area contributed by atoms with E-state index in [9.17, 15) is 9.59 Å². The third-order valence-corrected chi connectivity index (χ3v) is 2.85. The number of primary amides is 1. The molecule has 0 aliphatic heterocycles. The fourth-order valence-electron chi connectivity index (χ4n) is 1.48. The molecule has 1 aromatic rings. The molecule has 0 bridgehead atoms. The van der Waals surface area contributed by atoms with E-state index in [4.69, 9.17) is 10.2 Å². The van der Waals surface area contributed by atoms with E-state index in [1.165, 1.54) is 11.0 Å². The first-order valence-corrected chi connectivity index (χ1v) is 6.83. The Balaban J connectivity index is 2.64. The van der Waals surface area contributed by atoms with Crippen LogP contribution in [0.15, 0.2) is 27.3 Å². The summed E-state index contributed by atoms with van der Waals surface area (Å²) in [5.41, 5.74) is 5.13. The molecule has 0 saturated carbocycles. The molecule has 19 heavy (non-hydrogen) atoms. The van der Waals surface area contributed by atoms with E-state index in [0.717, 1.165) is 12.8 Å². The number of unbranched alkanes of at least 4 members (excludes halogenated alkanes) is 1. The molecule has 1 heterocycles. The van der Waals surface area contributed by atoms with E-state index in [2.05, 4.69) is 15.9 Å². The Hall–Kier alpha value is -1.56. The number of amides is 2. The summed E-state index contributed by atoms with van der Waals surface area (Å²) in [7, 11) is 0. The molecular formula is C13H17BrN2O3. The summed E-state index contributed by atoms with van der Waals surface area (Å²) < 4.78 is 5.84. The highest BCUT2D eigenvalue weighted by Gasteiger charge is 2.12. The maximum atomic E-state index is 11.9. The summed E-state index contributed by atoms with van der Waals surface area (Å²) in [6, 6.07) is 3.47. The van der Waals surface area contributed by atoms with Gasteiger partial charge in [-0.25, -0.2) is 0 Å². The number of carbonyl (C=O) groups excluding carboxylic acids is 2. The Kier molecular flexibility index (Phi) is 6.35. The Morgan fingerprint density at radius 3 is 2.74 bits per heavy atom. The molecule has 0 atom stereocenters. The summed E-state index contributed by atoms with van der Waals surface area (Å²) in [5, 5.41) is 0. The van der Waals surface area contributed by atoms with Gasteiger partial charge in [-0.2, -0.15) is 0 Å². The number of hydrogen-bond donors (Lipinski definition) is 1. The van der Waals surface area contributed by atoms with Crippen molar-refractivity contribution in [3.63, 3.8) is 0 Å². The Morgan fingerprint density at radius 2 is 2.21 bits per heavy atom. The minimum absolute atomic E-state index is 0.0645. The molecule has 104 valence electrons. The van der Waals surface area contributed by atoms with Crippen LogP contribution in [-0.2, 0) is 9.59 Å². The monoisotopic (exact) mass is 328 g/mol. The summed E-state index contributed by atoms with van der Waals surface area (Å²) in [4.78, 5) is 24.3. The number of hydrogen-bond acceptors (Lipinski definition) is 3. The molecule has 0 aliphatic rings. The Bertz CT molecular complexity index is 468. The van der Waals surface area contributed by atoms with Crippen LogP contribution in [-0.4, -0.2) is 29.8 Å². The summed E-state index contributed by atoms with van der Waals surface area (Å²) in [6.45, 7) is 2.47. The highest BCUT2D eigenvalue weighted by Crippen LogP contribution is 2.15. The minimum atomic E-state index is -0.515. The zero-order valence-electron chi connectivity index (χ0n) is 10.8. The second-order valence-electron chi connectivity index (χ2n) is 4.05. The predicted octanol–water partition coefficient (Wildman–Crippen LogP) is 2.17. The van der Waals surface area contributed by atoms with Gasteiger partial charge in [-0.3, -0.25) is 9.59 Å². The molecule has 2 N–H and O–H groups in total. The third-order valence-electron chi connectivity index (χ3n) is 2.42. The van der Waals surface area contributed by atoms with Gasteiger partial charge in [0.05, 0.1) is 6.54 Å². The molecule has 0 saturated heterocycles. The zero-order chi connectivity index (χ0) is 14.3. The summed E-state index contributed by atoms with van der Waals surface area (Å²) in [5.74, 6) is -0.201. The second kappa shape index (κ2) is 7.78. The van der Waals surface area contributed by atoms with Crippen LogP contribution in [0.25, 0.3) is 6.08 Å². The highest BCUT2D eigenvalue weighted by molar-refractivity contribution is 9.10. The standard InChI is InChI=1S/C13H17BrN2O3/c1-2-3-8-16(9-12(15)17)13(18)7-5-10-4-6-11(14)19-10/h4-7H,2-3,8-9H2,1H3,(H2,15,17)/b7-5+. The lowest BCUT2D eigenvalue weighted by Crippen LogP contribution is -2.38. The molecule has 0 unspecified atom stereocenters. The molecule has 0 spiro atoms. The molecule has 0 radical (unpaired) electrons. The molecule has 0 fully saturated rings. The van der Waals surface area contributed by atoms with Gasteiger partial charge in [0.15, 0.2) is 4.67 Å². The van der Waals surface area contributed by atoms with Crippen LogP contribution < -0.4 is 5.73 Å². The van der Waals surface area contributed by atoms with E-state index >= 15 is 0 Å². The van der Waals surface area contributed by atoms with Crippen LogP contribution in [0.1, 0.15) is 25.5 Å². The Labute approximate surface area is 120 Å². The van der Waals surface area contributed by atoms with E-state index < -0.39 is 5.91 Å². The average molecular weight is 329 g/mol. The fraction of sp³-hybridized carbons (Fsp3) is 0.385. The first-order chi connectivity index (χ1) is 9.02. The number of carbonyl (C=O) groups is 2. The lowest BCUT2D eigenvalue weighted by Gasteiger charge is -2.18. The molecule has 1 rings (SSSR count). The number of nitrogens with zero attached hydrogens (tertiary/aromatic N) is 1. The fourth-order valence-corrected chi connectivity index (χ4v) is 1.80. The minimum Gasteiger partial charge on any atom is -0.450 e. The number of nitrogens with two attached hydrogens (primary N) is 1. The normalized spacial score (nSPS) is 10.8. The van der Waals surface area contributed by atoms with Gasteiger partial charge in [-0.15, -0.1) is 0 Å². The summed E-state index contributed by atoms with van der Waals surface area (Å²) >= 11 is 3.18. The van der Waals surface area contributed by atoms with E-state index in [1.807, 2.05) is 6.92 Å². The van der Waals surface area contributed by atoms with Crippen LogP contribution in [0.2, 0.25) is 0 Å². The van der Waals surface area contributed by atoms with Crippen molar-refractivity contribution >= 4 is 33.8 Å². The van der Waals surface area contributed by atoms with Crippen molar-refractivity contribution in [2.24, 2.45) is 5.73 Å². The van der Waals surface area contributed by atoms with Gasteiger partial charge in [0.25, 0.3) is 0 Å². The van der Waals surface area contributed by atoms with Gasteiger partial charge in [0, 0.05) is 12.6 Å². The highest BCUT2D eigenvalue weighted by atomic mass is 79.9. The lowest BCUT2D eigenvalue weighted by molar-refractivity contribution is -0.131. The molecule has 2 amide bonds. The first-order valence-electron chi connectivity index (χ1n) is 6.03. The lowest BCUT2D eigenvalue weighted by atomic mass is 10.3. The molecule has 6 heteroatoms. The number of halogens is 1. The zero-order valence-corrected chi connectivity index (χ0v) is 12.4. The van der Waals surface area contributed by atoms with Crippen LogP contribution >= 0.6 is 15.9 Å². The van der Waals surface area contributed by atoms with Gasteiger partial charge in [0.2, 0.25) is 11.8 Å². The van der Waals surface area contributed by atoms with Crippen molar-refractivity contribution < 1.29 is 14.0 Å². The van der Waals surface area contributed by atoms with E-state index in [-0.39, 0.29) is 12.5 Å². The first kappa shape index (κ1) is 15.5. The topological polar surface area (TPSA) is 76.5 Å². The maximum Gasteiger partial charge on any atom is 0.247 e.